The van der Waals surface area contributed by atoms with Crippen molar-refractivity contribution < 1.29 is 9.90 Å². The maximum absolute atomic E-state index is 10.6. The first-order valence-electron chi connectivity index (χ1n) is 6.14. The highest BCUT2D eigenvalue weighted by Gasteiger charge is 2.08. The quantitative estimate of drug-likeness (QED) is 0.582. The molecule has 1 aromatic rings. The number of thioether (sulfide) groups is 1. The third kappa shape index (κ3) is 5.23. The van der Waals surface area contributed by atoms with Crippen LogP contribution < -0.4 is 0 Å². The summed E-state index contributed by atoms with van der Waals surface area (Å²) < 4.78 is 0. The molecule has 0 bridgehead atoms. The summed E-state index contributed by atoms with van der Waals surface area (Å²) in [6.07, 6.45) is 5.96. The van der Waals surface area contributed by atoms with Gasteiger partial charge in [-0.05, 0) is 24.7 Å². The molecule has 0 aliphatic carbocycles. The molecule has 0 aliphatic rings. The fourth-order valence-electron chi connectivity index (χ4n) is 1.47. The Hall–Kier alpha value is -0.810. The van der Waals surface area contributed by atoms with Crippen molar-refractivity contribution in [3.8, 4) is 0 Å². The molecule has 0 saturated heterocycles. The molecule has 0 fully saturated rings. The van der Waals surface area contributed by atoms with E-state index in [1.807, 2.05) is 11.8 Å². The Morgan fingerprint density at radius 1 is 1.44 bits per heavy atom. The summed E-state index contributed by atoms with van der Waals surface area (Å²) in [4.78, 5) is 16.1. The summed E-state index contributed by atoms with van der Waals surface area (Å²) in [5, 5.41) is 9.77. The summed E-state index contributed by atoms with van der Waals surface area (Å²) in [6, 6.07) is 0. The number of carboxylic acids is 1. The van der Waals surface area contributed by atoms with E-state index < -0.39 is 5.97 Å². The molecule has 1 aromatic heterocycles. The lowest BCUT2D eigenvalue weighted by atomic mass is 10.2. The Labute approximate surface area is 116 Å². The van der Waals surface area contributed by atoms with Crippen molar-refractivity contribution in [1.82, 2.24) is 4.98 Å². The number of aryl methyl sites for hydroxylation is 1. The lowest BCUT2D eigenvalue weighted by Gasteiger charge is -1.94. The molecular weight excluding hydrogens is 266 g/mol. The summed E-state index contributed by atoms with van der Waals surface area (Å²) in [5.41, 5.74) is 1.03. The molecule has 1 rings (SSSR count). The number of aromatic nitrogens is 1. The molecule has 0 amide bonds. The average molecular weight is 285 g/mol. The maximum atomic E-state index is 10.6. The monoisotopic (exact) mass is 285 g/mol. The molecule has 1 heterocycles. The van der Waals surface area contributed by atoms with Crippen LogP contribution in [0, 0.1) is 0 Å². The second kappa shape index (κ2) is 8.32. The van der Waals surface area contributed by atoms with E-state index >= 15 is 0 Å². The van der Waals surface area contributed by atoms with Gasteiger partial charge in [0, 0.05) is 11.8 Å². The molecule has 0 atom stereocenters. The van der Waals surface area contributed by atoms with Gasteiger partial charge in [0.25, 0.3) is 0 Å². The highest BCUT2D eigenvalue weighted by molar-refractivity contribution is 7.98. The molecule has 0 aliphatic heterocycles. The van der Waals surface area contributed by atoms with Crippen LogP contribution in [-0.4, -0.2) is 21.8 Å². The van der Waals surface area contributed by atoms with Gasteiger partial charge in [-0.2, -0.15) is 11.8 Å². The Bertz CT molecular complexity index is 413. The summed E-state index contributed by atoms with van der Waals surface area (Å²) in [6.45, 7) is 4.27. The molecule has 18 heavy (non-hydrogen) atoms. The molecule has 0 aromatic carbocycles. The number of hydrogen-bond acceptors (Lipinski definition) is 4. The van der Waals surface area contributed by atoms with E-state index in [2.05, 4.69) is 18.8 Å². The highest BCUT2D eigenvalue weighted by Crippen LogP contribution is 2.25. The first-order valence-corrected chi connectivity index (χ1v) is 8.11. The lowest BCUT2D eigenvalue weighted by Crippen LogP contribution is -1.89. The number of hydrogen-bond donors (Lipinski definition) is 1. The molecule has 0 saturated carbocycles. The minimum atomic E-state index is -0.909. The summed E-state index contributed by atoms with van der Waals surface area (Å²) in [7, 11) is 0. The minimum absolute atomic E-state index is 0.909. The smallest absolute Gasteiger partial charge is 0.328 e. The fraction of sp³-hybridized carbons (Fsp3) is 0.538. The standard InChI is InChI=1S/C13H19NO2S2/c1-3-5-10-11(6-7-13(15)16)18-12(14-10)9-17-8-4-2/h6-7H,3-5,8-9H2,1-2H3,(H,15,16)/b7-6+. The zero-order valence-corrected chi connectivity index (χ0v) is 12.4. The average Bonchev–Trinajstić information content (AvgIpc) is 2.70. The molecule has 3 nitrogen and oxygen atoms in total. The topological polar surface area (TPSA) is 50.2 Å². The number of rotatable bonds is 8. The summed E-state index contributed by atoms with van der Waals surface area (Å²) >= 11 is 3.49. The van der Waals surface area contributed by atoms with Crippen LogP contribution in [-0.2, 0) is 17.0 Å². The largest absolute Gasteiger partial charge is 0.478 e. The van der Waals surface area contributed by atoms with E-state index in [4.69, 9.17) is 5.11 Å². The first kappa shape index (κ1) is 15.2. The van der Waals surface area contributed by atoms with Crippen molar-refractivity contribution in [2.24, 2.45) is 0 Å². The first-order chi connectivity index (χ1) is 8.67. The van der Waals surface area contributed by atoms with Crippen LogP contribution in [0.25, 0.3) is 6.08 Å². The number of carboxylic acid groups (broad SMARTS) is 1. The van der Waals surface area contributed by atoms with E-state index in [1.54, 1.807) is 17.4 Å². The number of nitrogens with zero attached hydrogens (tertiary/aromatic N) is 1. The van der Waals surface area contributed by atoms with Gasteiger partial charge in [0.15, 0.2) is 0 Å². The van der Waals surface area contributed by atoms with Crippen LogP contribution in [0.15, 0.2) is 6.08 Å². The third-order valence-electron chi connectivity index (χ3n) is 2.21. The third-order valence-corrected chi connectivity index (χ3v) is 4.63. The molecule has 0 spiro atoms. The van der Waals surface area contributed by atoms with Gasteiger partial charge in [0.05, 0.1) is 10.6 Å². The molecular formula is C13H19NO2S2. The van der Waals surface area contributed by atoms with Gasteiger partial charge in [-0.3, -0.25) is 0 Å². The van der Waals surface area contributed by atoms with Crippen molar-refractivity contribution in [3.63, 3.8) is 0 Å². The fourth-order valence-corrected chi connectivity index (χ4v) is 3.44. The van der Waals surface area contributed by atoms with Crippen molar-refractivity contribution in [2.45, 2.75) is 38.9 Å². The second-order valence-corrected chi connectivity index (χ2v) is 6.11. The van der Waals surface area contributed by atoms with Crippen molar-refractivity contribution >= 4 is 35.1 Å². The van der Waals surface area contributed by atoms with Crippen LogP contribution in [0.5, 0.6) is 0 Å². The highest BCUT2D eigenvalue weighted by atomic mass is 32.2. The molecule has 0 unspecified atom stereocenters. The minimum Gasteiger partial charge on any atom is -0.478 e. The van der Waals surface area contributed by atoms with Crippen LogP contribution in [0.3, 0.4) is 0 Å². The van der Waals surface area contributed by atoms with Gasteiger partial charge >= 0.3 is 5.97 Å². The zero-order valence-electron chi connectivity index (χ0n) is 10.8. The number of aliphatic carboxylic acids is 1. The zero-order chi connectivity index (χ0) is 13.4. The van der Waals surface area contributed by atoms with E-state index in [9.17, 15) is 4.79 Å². The van der Waals surface area contributed by atoms with Crippen molar-refractivity contribution in [1.29, 1.82) is 0 Å². The van der Waals surface area contributed by atoms with Gasteiger partial charge in [0.2, 0.25) is 0 Å². The summed E-state index contributed by atoms with van der Waals surface area (Å²) in [5.74, 6) is 1.16. The van der Waals surface area contributed by atoms with Crippen LogP contribution >= 0.6 is 23.1 Å². The van der Waals surface area contributed by atoms with Gasteiger partial charge in [0.1, 0.15) is 5.01 Å². The molecule has 100 valence electrons. The normalized spacial score (nSPS) is 11.2. The van der Waals surface area contributed by atoms with Gasteiger partial charge in [-0.15, -0.1) is 11.3 Å². The molecule has 1 N–H and O–H groups in total. The maximum Gasteiger partial charge on any atom is 0.328 e. The van der Waals surface area contributed by atoms with E-state index in [-0.39, 0.29) is 0 Å². The Kier molecular flexibility index (Phi) is 7.05. The van der Waals surface area contributed by atoms with E-state index in [0.29, 0.717) is 0 Å². The lowest BCUT2D eigenvalue weighted by molar-refractivity contribution is -0.131. The van der Waals surface area contributed by atoms with Gasteiger partial charge in [-0.1, -0.05) is 20.3 Å². The van der Waals surface area contributed by atoms with Crippen LogP contribution in [0.4, 0.5) is 0 Å². The molecule has 5 heteroatoms. The Morgan fingerprint density at radius 2 is 2.22 bits per heavy atom. The second-order valence-electron chi connectivity index (χ2n) is 3.89. The Balaban J connectivity index is 2.76. The van der Waals surface area contributed by atoms with Gasteiger partial charge < -0.3 is 5.11 Å². The molecule has 0 radical (unpaired) electrons. The predicted molar refractivity (Wildman–Crippen MR) is 79.2 cm³/mol. The van der Waals surface area contributed by atoms with Gasteiger partial charge in [-0.25, -0.2) is 9.78 Å². The SMILES string of the molecule is CCCSCc1nc(CCC)c(/C=C/C(=O)O)s1. The van der Waals surface area contributed by atoms with Crippen molar-refractivity contribution in [3.05, 3.63) is 21.7 Å². The Morgan fingerprint density at radius 3 is 2.83 bits per heavy atom. The van der Waals surface area contributed by atoms with E-state index in [1.165, 1.54) is 12.5 Å². The predicted octanol–water partition coefficient (Wildman–Crippen LogP) is 3.84. The number of carbonyl (C=O) groups is 1. The van der Waals surface area contributed by atoms with Crippen molar-refractivity contribution in [2.75, 3.05) is 5.75 Å². The van der Waals surface area contributed by atoms with Crippen LogP contribution in [0.1, 0.15) is 42.3 Å². The van der Waals surface area contributed by atoms with E-state index in [0.717, 1.165) is 39.9 Å². The van der Waals surface area contributed by atoms with Crippen LogP contribution in [0.2, 0.25) is 0 Å². The number of thiazole rings is 1.